The third-order valence-corrected chi connectivity index (χ3v) is 5.15. The van der Waals surface area contributed by atoms with Crippen molar-refractivity contribution >= 4 is 0 Å². The van der Waals surface area contributed by atoms with Gasteiger partial charge in [-0.25, -0.2) is 0 Å². The summed E-state index contributed by atoms with van der Waals surface area (Å²) in [6.45, 7) is 0. The van der Waals surface area contributed by atoms with Gasteiger partial charge in [0.15, 0.2) is 0 Å². The van der Waals surface area contributed by atoms with Gasteiger partial charge in [-0.15, -0.1) is 0 Å². The lowest BCUT2D eigenvalue weighted by atomic mass is 9.60. The summed E-state index contributed by atoms with van der Waals surface area (Å²) in [5.74, 6) is 2.31. The zero-order valence-electron chi connectivity index (χ0n) is 12.0. The summed E-state index contributed by atoms with van der Waals surface area (Å²) in [5.41, 5.74) is 6.65. The molecule has 0 amide bonds. The zero-order chi connectivity index (χ0) is 15.0. The Morgan fingerprint density at radius 1 is 0.952 bits per heavy atom. The minimum Gasteiger partial charge on any atom is -0.327 e. The van der Waals surface area contributed by atoms with Crippen LogP contribution in [0.5, 0.6) is 0 Å². The van der Waals surface area contributed by atoms with Crippen LogP contribution in [0.15, 0.2) is 24.3 Å². The maximum absolute atomic E-state index is 12.6. The smallest absolute Gasteiger partial charge is 0.327 e. The van der Waals surface area contributed by atoms with Gasteiger partial charge in [0.25, 0.3) is 0 Å². The second-order valence-electron chi connectivity index (χ2n) is 6.36. The van der Waals surface area contributed by atoms with Gasteiger partial charge in [0.1, 0.15) is 0 Å². The molecule has 21 heavy (non-hydrogen) atoms. The van der Waals surface area contributed by atoms with Crippen molar-refractivity contribution in [3.05, 3.63) is 41.3 Å². The molecule has 2 saturated carbocycles. The van der Waals surface area contributed by atoms with E-state index in [1.54, 1.807) is 12.1 Å². The molecule has 4 heteroatoms. The van der Waals surface area contributed by atoms with Crippen molar-refractivity contribution in [3.63, 3.8) is 0 Å². The van der Waals surface area contributed by atoms with Crippen LogP contribution in [0.1, 0.15) is 49.7 Å². The lowest BCUT2D eigenvalue weighted by Crippen LogP contribution is -2.43. The van der Waals surface area contributed by atoms with Crippen molar-refractivity contribution in [2.24, 2.45) is 17.6 Å². The van der Waals surface area contributed by atoms with Gasteiger partial charge in [-0.05, 0) is 55.2 Å². The molecule has 2 fully saturated rings. The monoisotopic (exact) mass is 296 g/mol. The van der Waals surface area contributed by atoms with Crippen LogP contribution in [0.25, 0.3) is 0 Å². The van der Waals surface area contributed by atoms with E-state index in [-0.39, 0.29) is 6.04 Å². The Bertz CT molecular complexity index is 480. The van der Waals surface area contributed by atoms with Gasteiger partial charge in [-0.2, -0.15) is 13.2 Å². The Kier molecular flexibility index (Phi) is 4.00. The number of hydrogen-bond acceptors (Lipinski definition) is 1. The first-order valence-corrected chi connectivity index (χ1v) is 7.76. The first kappa shape index (κ1) is 14.9. The van der Waals surface area contributed by atoms with Gasteiger partial charge in [0, 0.05) is 12.0 Å². The summed E-state index contributed by atoms with van der Waals surface area (Å²) in [6.07, 6.45) is 2.56. The molecule has 0 saturated heterocycles. The highest BCUT2D eigenvalue weighted by Crippen LogP contribution is 2.49. The summed E-state index contributed by atoms with van der Waals surface area (Å²) in [5, 5.41) is 0. The van der Waals surface area contributed by atoms with Crippen molar-refractivity contribution in [2.45, 2.75) is 50.7 Å². The Hall–Kier alpha value is -1.03. The van der Waals surface area contributed by atoms with Gasteiger partial charge in [-0.3, -0.25) is 0 Å². The molecular weight excluding hydrogens is 275 g/mol. The molecule has 0 bridgehead atoms. The maximum Gasteiger partial charge on any atom is 0.416 e. The van der Waals surface area contributed by atoms with Crippen LogP contribution in [-0.2, 0) is 6.18 Å². The van der Waals surface area contributed by atoms with Crippen LogP contribution in [0.4, 0.5) is 13.2 Å². The largest absolute Gasteiger partial charge is 0.416 e. The van der Waals surface area contributed by atoms with E-state index in [4.69, 9.17) is 5.73 Å². The van der Waals surface area contributed by atoms with E-state index in [1.807, 2.05) is 0 Å². The Morgan fingerprint density at radius 2 is 1.62 bits per heavy atom. The topological polar surface area (TPSA) is 26.0 Å². The summed E-state index contributed by atoms with van der Waals surface area (Å²) < 4.78 is 37.8. The quantitative estimate of drug-likeness (QED) is 0.851. The zero-order valence-corrected chi connectivity index (χ0v) is 12.0. The Labute approximate surface area is 123 Å². The number of halogens is 3. The predicted octanol–water partition coefficient (Wildman–Crippen LogP) is 4.56. The van der Waals surface area contributed by atoms with Crippen LogP contribution < -0.4 is 5.73 Å². The molecule has 2 aliphatic rings. The third kappa shape index (κ3) is 2.96. The lowest BCUT2D eigenvalue weighted by molar-refractivity contribution is -0.137. The van der Waals surface area contributed by atoms with E-state index in [1.165, 1.54) is 30.9 Å². The van der Waals surface area contributed by atoms with Crippen molar-refractivity contribution in [3.8, 4) is 0 Å². The van der Waals surface area contributed by atoms with Crippen molar-refractivity contribution < 1.29 is 13.2 Å². The highest BCUT2D eigenvalue weighted by Gasteiger charge is 2.41. The number of alkyl halides is 3. The van der Waals surface area contributed by atoms with Gasteiger partial charge in [0.2, 0.25) is 0 Å². The first-order valence-electron chi connectivity index (χ1n) is 7.76. The molecule has 115 valence electrons. The average Bonchev–Trinajstić information content (AvgIpc) is 2.40. The van der Waals surface area contributed by atoms with E-state index in [0.717, 1.165) is 31.2 Å². The van der Waals surface area contributed by atoms with Crippen LogP contribution in [0, 0.1) is 17.8 Å². The van der Waals surface area contributed by atoms with E-state index in [2.05, 4.69) is 0 Å². The van der Waals surface area contributed by atoms with Gasteiger partial charge in [0.05, 0.1) is 5.56 Å². The van der Waals surface area contributed by atoms with E-state index < -0.39 is 11.7 Å². The van der Waals surface area contributed by atoms with E-state index in [0.29, 0.717) is 11.8 Å². The predicted molar refractivity (Wildman–Crippen MR) is 76.4 cm³/mol. The normalized spacial score (nSPS) is 31.0. The van der Waals surface area contributed by atoms with E-state index >= 15 is 0 Å². The summed E-state index contributed by atoms with van der Waals surface area (Å²) >= 11 is 0. The Morgan fingerprint density at radius 3 is 2.14 bits per heavy atom. The fraction of sp³-hybridized carbons (Fsp3) is 0.588. The Balaban J connectivity index is 1.72. The summed E-state index contributed by atoms with van der Waals surface area (Å²) in [6, 6.07) is 5.89. The third-order valence-electron chi connectivity index (χ3n) is 5.15. The molecule has 0 aromatic heterocycles. The van der Waals surface area contributed by atoms with Crippen molar-refractivity contribution in [2.75, 3.05) is 0 Å². The fourth-order valence-electron chi connectivity index (χ4n) is 3.85. The van der Waals surface area contributed by atoms with Gasteiger partial charge >= 0.3 is 6.18 Å². The van der Waals surface area contributed by atoms with Gasteiger partial charge < -0.3 is 5.73 Å². The molecule has 0 heterocycles. The average molecular weight is 296 g/mol. The molecule has 2 aliphatic carbocycles. The molecule has 2 N–H and O–H groups in total. The van der Waals surface area contributed by atoms with Crippen LogP contribution in [-0.4, -0.2) is 6.04 Å². The number of benzene rings is 1. The molecule has 0 aliphatic heterocycles. The SMILES string of the molecule is NC1CCCCC1C1CC[C]1c1ccc(C(F)(F)F)cc1. The van der Waals surface area contributed by atoms with Crippen LogP contribution >= 0.6 is 0 Å². The molecular formula is C17H21F3N. The minimum atomic E-state index is -4.26. The van der Waals surface area contributed by atoms with E-state index in [9.17, 15) is 13.2 Å². The first-order chi connectivity index (χ1) is 9.97. The lowest BCUT2D eigenvalue weighted by Gasteiger charge is -2.45. The summed E-state index contributed by atoms with van der Waals surface area (Å²) in [4.78, 5) is 0. The second-order valence-corrected chi connectivity index (χ2v) is 6.36. The molecule has 1 nitrogen and oxygen atoms in total. The number of nitrogens with two attached hydrogens (primary N) is 1. The molecule has 1 radical (unpaired) electrons. The van der Waals surface area contributed by atoms with Crippen LogP contribution in [0.3, 0.4) is 0 Å². The van der Waals surface area contributed by atoms with Crippen molar-refractivity contribution in [1.82, 2.24) is 0 Å². The second kappa shape index (κ2) is 5.64. The maximum atomic E-state index is 12.6. The number of hydrogen-bond donors (Lipinski definition) is 1. The highest BCUT2D eigenvalue weighted by molar-refractivity contribution is 5.38. The molecule has 1 aromatic rings. The standard InChI is InChI=1S/C17H21F3N/c18-17(19,20)12-7-5-11(6-8-12)13-9-10-14(13)15-3-1-2-4-16(15)21/h5-8,14-16H,1-4,9-10,21H2. The number of rotatable bonds is 2. The van der Waals surface area contributed by atoms with Gasteiger partial charge in [-0.1, -0.05) is 25.0 Å². The molecule has 3 rings (SSSR count). The fourth-order valence-corrected chi connectivity index (χ4v) is 3.85. The van der Waals surface area contributed by atoms with Crippen molar-refractivity contribution in [1.29, 1.82) is 0 Å². The molecule has 3 unspecified atom stereocenters. The molecule has 3 atom stereocenters. The molecule has 1 aromatic carbocycles. The molecule has 0 spiro atoms. The highest BCUT2D eigenvalue weighted by atomic mass is 19.4. The minimum absolute atomic E-state index is 0.258. The summed E-state index contributed by atoms with van der Waals surface area (Å²) in [7, 11) is 0. The van der Waals surface area contributed by atoms with Crippen LogP contribution in [0.2, 0.25) is 0 Å².